The molecule has 0 spiro atoms. The van der Waals surface area contributed by atoms with Gasteiger partial charge in [0.25, 0.3) is 0 Å². The highest BCUT2D eigenvalue weighted by Crippen LogP contribution is 2.39. The molecule has 98 valence electrons. The minimum absolute atomic E-state index is 0.288. The van der Waals surface area contributed by atoms with E-state index in [2.05, 4.69) is 53.4 Å². The molecule has 0 aromatic rings. The maximum Gasteiger partial charge on any atom is 0.192 e. The Bertz CT molecular complexity index is 309. The molecule has 0 amide bonds. The van der Waals surface area contributed by atoms with Crippen LogP contribution in [0.2, 0.25) is 18.1 Å². The van der Waals surface area contributed by atoms with Crippen LogP contribution in [0.25, 0.3) is 0 Å². The number of hydrogen-bond donors (Lipinski definition) is 0. The lowest BCUT2D eigenvalue weighted by Crippen LogP contribution is -2.44. The molecule has 0 bridgehead atoms. The molecule has 1 aliphatic rings. The van der Waals surface area contributed by atoms with E-state index in [1.807, 2.05) is 6.08 Å². The minimum Gasteiger partial charge on any atom is -0.411 e. The topological polar surface area (TPSA) is 9.23 Å². The second-order valence-electron chi connectivity index (χ2n) is 6.91. The maximum absolute atomic E-state index is 6.46. The molecule has 1 rings (SSSR count). The lowest BCUT2D eigenvalue weighted by atomic mass is 9.89. The average Bonchev–Trinajstić information content (AvgIpc) is 2.14. The summed E-state index contributed by atoms with van der Waals surface area (Å²) in [7, 11) is -1.64. The zero-order chi connectivity index (χ0) is 13.3. The summed E-state index contributed by atoms with van der Waals surface area (Å²) in [5, 5.41) is 0.288. The van der Waals surface area contributed by atoms with E-state index in [0.717, 1.165) is 12.8 Å². The molecule has 0 aromatic heterocycles. The van der Waals surface area contributed by atoms with Crippen LogP contribution in [-0.2, 0) is 4.43 Å². The standard InChI is InChI=1S/C15H28OSi/c1-8-13-9-12(2)10-14(11-13)16-17(6,7)15(3,4)5/h8,11-12,14H,1,9-10H2,2-7H3/t12-,14-/m1/s1. The summed E-state index contributed by atoms with van der Waals surface area (Å²) in [6.07, 6.45) is 6.88. The number of hydrogen-bond acceptors (Lipinski definition) is 1. The van der Waals surface area contributed by atoms with Crippen molar-refractivity contribution < 1.29 is 4.43 Å². The molecule has 17 heavy (non-hydrogen) atoms. The number of rotatable bonds is 3. The van der Waals surface area contributed by atoms with Gasteiger partial charge in [-0.05, 0) is 42.5 Å². The van der Waals surface area contributed by atoms with Crippen molar-refractivity contribution in [3.8, 4) is 0 Å². The summed E-state index contributed by atoms with van der Waals surface area (Å²) in [6, 6.07) is 0. The van der Waals surface area contributed by atoms with Gasteiger partial charge in [0.15, 0.2) is 8.32 Å². The Balaban J connectivity index is 2.78. The van der Waals surface area contributed by atoms with Crippen molar-refractivity contribution in [1.29, 1.82) is 0 Å². The average molecular weight is 252 g/mol. The molecular formula is C15H28OSi. The zero-order valence-corrected chi connectivity index (χ0v) is 13.3. The quantitative estimate of drug-likeness (QED) is 0.648. The summed E-state index contributed by atoms with van der Waals surface area (Å²) in [5.74, 6) is 0.711. The molecule has 0 saturated heterocycles. The van der Waals surface area contributed by atoms with Crippen molar-refractivity contribution in [1.82, 2.24) is 0 Å². The third kappa shape index (κ3) is 3.82. The van der Waals surface area contributed by atoms with Gasteiger partial charge in [-0.3, -0.25) is 0 Å². The van der Waals surface area contributed by atoms with E-state index >= 15 is 0 Å². The fourth-order valence-electron chi connectivity index (χ4n) is 2.05. The van der Waals surface area contributed by atoms with Gasteiger partial charge in [0.2, 0.25) is 0 Å². The molecular weight excluding hydrogens is 224 g/mol. The minimum atomic E-state index is -1.64. The van der Waals surface area contributed by atoms with E-state index in [1.54, 1.807) is 0 Å². The Morgan fingerprint density at radius 2 is 2.00 bits per heavy atom. The highest BCUT2D eigenvalue weighted by molar-refractivity contribution is 6.74. The normalized spacial score (nSPS) is 26.6. The Morgan fingerprint density at radius 3 is 2.47 bits per heavy atom. The molecule has 0 fully saturated rings. The second kappa shape index (κ2) is 5.11. The van der Waals surface area contributed by atoms with Crippen molar-refractivity contribution >= 4 is 8.32 Å². The fourth-order valence-corrected chi connectivity index (χ4v) is 3.32. The van der Waals surface area contributed by atoms with Gasteiger partial charge in [0.05, 0.1) is 6.10 Å². The largest absolute Gasteiger partial charge is 0.411 e. The van der Waals surface area contributed by atoms with Gasteiger partial charge in [-0.15, -0.1) is 0 Å². The Hall–Kier alpha value is -0.343. The van der Waals surface area contributed by atoms with Crippen LogP contribution < -0.4 is 0 Å². The van der Waals surface area contributed by atoms with Crippen molar-refractivity contribution in [3.05, 3.63) is 24.3 Å². The van der Waals surface area contributed by atoms with E-state index in [0.29, 0.717) is 12.0 Å². The maximum atomic E-state index is 6.46. The van der Waals surface area contributed by atoms with Crippen LogP contribution in [0, 0.1) is 5.92 Å². The SMILES string of the molecule is C=CC1=C[C@H](O[Si](C)(C)C(C)(C)C)C[C@H](C)C1. The predicted octanol–water partition coefficient (Wildman–Crippen LogP) is 4.92. The van der Waals surface area contributed by atoms with E-state index in [4.69, 9.17) is 4.43 Å². The number of allylic oxidation sites excluding steroid dienone is 2. The first-order chi connectivity index (χ1) is 7.65. The third-order valence-corrected chi connectivity index (χ3v) is 8.64. The molecule has 0 aromatic carbocycles. The molecule has 1 nitrogen and oxygen atoms in total. The summed E-state index contributed by atoms with van der Waals surface area (Å²) in [4.78, 5) is 0. The Morgan fingerprint density at radius 1 is 1.41 bits per heavy atom. The van der Waals surface area contributed by atoms with Crippen LogP contribution in [0.1, 0.15) is 40.5 Å². The van der Waals surface area contributed by atoms with E-state index in [9.17, 15) is 0 Å². The van der Waals surface area contributed by atoms with Crippen LogP contribution in [-0.4, -0.2) is 14.4 Å². The Labute approximate surface area is 108 Å². The highest BCUT2D eigenvalue weighted by atomic mass is 28.4. The van der Waals surface area contributed by atoms with Gasteiger partial charge in [-0.2, -0.15) is 0 Å². The van der Waals surface area contributed by atoms with Gasteiger partial charge in [-0.1, -0.05) is 46.4 Å². The lowest BCUT2D eigenvalue weighted by molar-refractivity contribution is 0.186. The predicted molar refractivity (Wildman–Crippen MR) is 78.7 cm³/mol. The zero-order valence-electron chi connectivity index (χ0n) is 12.3. The molecule has 0 radical (unpaired) electrons. The molecule has 0 N–H and O–H groups in total. The van der Waals surface area contributed by atoms with Crippen molar-refractivity contribution in [2.24, 2.45) is 5.92 Å². The van der Waals surface area contributed by atoms with Crippen LogP contribution in [0.3, 0.4) is 0 Å². The first-order valence-corrected chi connectivity index (χ1v) is 9.57. The van der Waals surface area contributed by atoms with E-state index in [-0.39, 0.29) is 5.04 Å². The lowest BCUT2D eigenvalue weighted by Gasteiger charge is -2.40. The van der Waals surface area contributed by atoms with Crippen LogP contribution in [0.4, 0.5) is 0 Å². The second-order valence-corrected chi connectivity index (χ2v) is 11.7. The van der Waals surface area contributed by atoms with Gasteiger partial charge in [0.1, 0.15) is 0 Å². The van der Waals surface area contributed by atoms with Crippen molar-refractivity contribution in [2.45, 2.75) is 64.8 Å². The molecule has 0 aliphatic heterocycles. The van der Waals surface area contributed by atoms with Crippen LogP contribution >= 0.6 is 0 Å². The van der Waals surface area contributed by atoms with Gasteiger partial charge < -0.3 is 4.43 Å². The smallest absolute Gasteiger partial charge is 0.192 e. The molecule has 1 aliphatic carbocycles. The van der Waals surface area contributed by atoms with Gasteiger partial charge in [-0.25, -0.2) is 0 Å². The highest BCUT2D eigenvalue weighted by Gasteiger charge is 2.39. The first kappa shape index (κ1) is 14.7. The van der Waals surface area contributed by atoms with Gasteiger partial charge >= 0.3 is 0 Å². The fraction of sp³-hybridized carbons (Fsp3) is 0.733. The Kier molecular flexibility index (Phi) is 4.42. The molecule has 0 saturated carbocycles. The van der Waals surface area contributed by atoms with Crippen molar-refractivity contribution in [3.63, 3.8) is 0 Å². The van der Waals surface area contributed by atoms with Crippen LogP contribution in [0.5, 0.6) is 0 Å². The summed E-state index contributed by atoms with van der Waals surface area (Å²) >= 11 is 0. The molecule has 0 heterocycles. The summed E-state index contributed by atoms with van der Waals surface area (Å²) < 4.78 is 6.46. The monoisotopic (exact) mass is 252 g/mol. The van der Waals surface area contributed by atoms with E-state index in [1.165, 1.54) is 5.57 Å². The third-order valence-electron chi connectivity index (χ3n) is 4.13. The van der Waals surface area contributed by atoms with Crippen LogP contribution in [0.15, 0.2) is 24.3 Å². The summed E-state index contributed by atoms with van der Waals surface area (Å²) in [6.45, 7) is 17.7. The van der Waals surface area contributed by atoms with Crippen molar-refractivity contribution in [2.75, 3.05) is 0 Å². The molecule has 0 unspecified atom stereocenters. The van der Waals surface area contributed by atoms with Gasteiger partial charge in [0, 0.05) is 0 Å². The first-order valence-electron chi connectivity index (χ1n) is 6.66. The van der Waals surface area contributed by atoms with E-state index < -0.39 is 8.32 Å². The summed E-state index contributed by atoms with van der Waals surface area (Å²) in [5.41, 5.74) is 1.35. The molecule has 2 heteroatoms. The molecule has 2 atom stereocenters.